The van der Waals surface area contributed by atoms with Crippen molar-refractivity contribution >= 4 is 5.82 Å². The van der Waals surface area contributed by atoms with Gasteiger partial charge in [-0.25, -0.2) is 14.4 Å². The molecule has 0 aliphatic carbocycles. The van der Waals surface area contributed by atoms with Gasteiger partial charge in [-0.15, -0.1) is 0 Å². The molecule has 0 atom stereocenters. The van der Waals surface area contributed by atoms with Gasteiger partial charge in [0.05, 0.1) is 0 Å². The van der Waals surface area contributed by atoms with E-state index in [0.29, 0.717) is 5.82 Å². The van der Waals surface area contributed by atoms with Crippen molar-refractivity contribution in [2.24, 2.45) is 0 Å². The molecule has 4 nitrogen and oxygen atoms in total. The van der Waals surface area contributed by atoms with E-state index in [0.717, 1.165) is 0 Å². The maximum absolute atomic E-state index is 11.7. The normalized spacial score (nSPS) is 9.00. The van der Waals surface area contributed by atoms with Crippen LogP contribution in [0.2, 0.25) is 0 Å². The van der Waals surface area contributed by atoms with Crippen LogP contribution in [0.1, 0.15) is 5.69 Å². The third-order valence-corrected chi connectivity index (χ3v) is 1.19. The third-order valence-electron chi connectivity index (χ3n) is 1.19. The zero-order valence-corrected chi connectivity index (χ0v) is 6.29. The Kier molecular flexibility index (Phi) is 2.96. The summed E-state index contributed by atoms with van der Waals surface area (Å²) < 4.78 is 11.7. The van der Waals surface area contributed by atoms with E-state index in [9.17, 15) is 4.39 Å². The summed E-state index contributed by atoms with van der Waals surface area (Å²) in [6.45, 7) is -0.352. The molecule has 62 valence electrons. The summed E-state index contributed by atoms with van der Waals surface area (Å²) in [4.78, 5) is 7.57. The first-order valence-corrected chi connectivity index (χ1v) is 3.39. The number of anilines is 1. The van der Waals surface area contributed by atoms with Crippen LogP contribution in [-0.2, 0) is 0 Å². The molecule has 1 aromatic rings. The summed E-state index contributed by atoms with van der Waals surface area (Å²) in [7, 11) is 0. The minimum absolute atomic E-state index is 0.146. The van der Waals surface area contributed by atoms with Crippen molar-refractivity contribution in [3.05, 3.63) is 18.1 Å². The molecule has 0 aliphatic rings. The minimum atomic E-state index is -0.499. The van der Waals surface area contributed by atoms with Gasteiger partial charge in [0, 0.05) is 18.9 Å². The number of rotatable bonds is 3. The van der Waals surface area contributed by atoms with Gasteiger partial charge in [0.15, 0.2) is 11.5 Å². The third kappa shape index (κ3) is 1.89. The smallest absolute Gasteiger partial charge is 0.182 e. The Hall–Kier alpha value is -1.70. The Morgan fingerprint density at radius 3 is 2.92 bits per heavy atom. The molecule has 1 aromatic heterocycles. The van der Waals surface area contributed by atoms with Crippen molar-refractivity contribution in [1.82, 2.24) is 9.97 Å². The highest BCUT2D eigenvalue weighted by molar-refractivity contribution is 5.46. The highest BCUT2D eigenvalue weighted by Crippen LogP contribution is 2.04. The van der Waals surface area contributed by atoms with Crippen molar-refractivity contribution in [1.29, 1.82) is 5.26 Å². The van der Waals surface area contributed by atoms with E-state index in [1.165, 1.54) is 12.4 Å². The summed E-state index contributed by atoms with van der Waals surface area (Å²) in [5.41, 5.74) is 0.186. The molecule has 0 aromatic carbocycles. The standard InChI is InChI=1S/C7H7FN4/c8-1-2-11-7-6(5-9)10-3-4-12-7/h3-4H,1-2H2,(H,11,12). The van der Waals surface area contributed by atoms with Crippen molar-refractivity contribution in [3.63, 3.8) is 0 Å². The van der Waals surface area contributed by atoms with Crippen LogP contribution in [0.3, 0.4) is 0 Å². The van der Waals surface area contributed by atoms with Crippen molar-refractivity contribution in [2.75, 3.05) is 18.5 Å². The van der Waals surface area contributed by atoms with Gasteiger partial charge in [-0.1, -0.05) is 0 Å². The Labute approximate surface area is 69.1 Å². The maximum atomic E-state index is 11.7. The van der Waals surface area contributed by atoms with Crippen LogP contribution in [0, 0.1) is 11.3 Å². The number of hydrogen-bond donors (Lipinski definition) is 1. The molecule has 0 bridgehead atoms. The van der Waals surface area contributed by atoms with Crippen LogP contribution < -0.4 is 5.32 Å². The van der Waals surface area contributed by atoms with Crippen LogP contribution in [0.4, 0.5) is 10.2 Å². The highest BCUT2D eigenvalue weighted by Gasteiger charge is 2.01. The van der Waals surface area contributed by atoms with Gasteiger partial charge < -0.3 is 5.32 Å². The topological polar surface area (TPSA) is 61.6 Å². The molecule has 5 heteroatoms. The Balaban J connectivity index is 2.77. The quantitative estimate of drug-likeness (QED) is 0.719. The second kappa shape index (κ2) is 4.23. The molecule has 0 radical (unpaired) electrons. The monoisotopic (exact) mass is 166 g/mol. The van der Waals surface area contributed by atoms with Crippen LogP contribution in [0.5, 0.6) is 0 Å². The van der Waals surface area contributed by atoms with Gasteiger partial charge in [-0.3, -0.25) is 0 Å². The molecule has 0 amide bonds. The largest absolute Gasteiger partial charge is 0.365 e. The second-order valence-corrected chi connectivity index (χ2v) is 1.98. The minimum Gasteiger partial charge on any atom is -0.365 e. The predicted octanol–water partition coefficient (Wildman–Crippen LogP) is 0.730. The Bertz CT molecular complexity index is 294. The van der Waals surface area contributed by atoms with E-state index in [4.69, 9.17) is 5.26 Å². The molecule has 0 unspecified atom stereocenters. The van der Waals surface area contributed by atoms with Crippen molar-refractivity contribution < 1.29 is 4.39 Å². The molecule has 1 rings (SSSR count). The predicted molar refractivity (Wildman–Crippen MR) is 41.2 cm³/mol. The molecule has 12 heavy (non-hydrogen) atoms. The number of halogens is 1. The van der Waals surface area contributed by atoms with Crippen LogP contribution in [-0.4, -0.2) is 23.2 Å². The summed E-state index contributed by atoms with van der Waals surface area (Å²) in [5, 5.41) is 11.2. The highest BCUT2D eigenvalue weighted by atomic mass is 19.1. The van der Waals surface area contributed by atoms with Gasteiger partial charge in [0.25, 0.3) is 0 Å². The molecule has 1 heterocycles. The van der Waals surface area contributed by atoms with Gasteiger partial charge in [-0.2, -0.15) is 5.26 Å². The van der Waals surface area contributed by atoms with E-state index >= 15 is 0 Å². The lowest BCUT2D eigenvalue weighted by atomic mass is 10.4. The van der Waals surface area contributed by atoms with Gasteiger partial charge in [-0.05, 0) is 0 Å². The Morgan fingerprint density at radius 1 is 1.50 bits per heavy atom. The summed E-state index contributed by atoms with van der Waals surface area (Å²) in [6, 6.07) is 1.85. The van der Waals surface area contributed by atoms with Crippen LogP contribution in [0.25, 0.3) is 0 Å². The molecular formula is C7H7FN4. The van der Waals surface area contributed by atoms with E-state index in [1.807, 2.05) is 6.07 Å². The number of aromatic nitrogens is 2. The number of nitrogens with zero attached hydrogens (tertiary/aromatic N) is 3. The molecular weight excluding hydrogens is 159 g/mol. The van der Waals surface area contributed by atoms with Crippen LogP contribution in [0.15, 0.2) is 12.4 Å². The maximum Gasteiger partial charge on any atom is 0.182 e. The number of nitriles is 1. The van der Waals surface area contributed by atoms with Gasteiger partial charge in [0.1, 0.15) is 12.7 Å². The molecule has 0 saturated carbocycles. The van der Waals surface area contributed by atoms with E-state index in [-0.39, 0.29) is 12.2 Å². The first-order valence-electron chi connectivity index (χ1n) is 3.39. The Morgan fingerprint density at radius 2 is 2.25 bits per heavy atom. The fourth-order valence-electron chi connectivity index (χ4n) is 0.715. The number of hydrogen-bond acceptors (Lipinski definition) is 4. The van der Waals surface area contributed by atoms with E-state index < -0.39 is 6.67 Å². The van der Waals surface area contributed by atoms with Gasteiger partial charge >= 0.3 is 0 Å². The number of nitrogens with one attached hydrogen (secondary N) is 1. The fourth-order valence-corrected chi connectivity index (χ4v) is 0.715. The molecule has 0 spiro atoms. The average Bonchev–Trinajstić information content (AvgIpc) is 2.15. The van der Waals surface area contributed by atoms with Crippen molar-refractivity contribution in [2.45, 2.75) is 0 Å². The fraction of sp³-hybridized carbons (Fsp3) is 0.286. The van der Waals surface area contributed by atoms with Crippen LogP contribution >= 0.6 is 0 Å². The summed E-state index contributed by atoms with van der Waals surface area (Å²) in [6.07, 6.45) is 2.86. The molecule has 0 fully saturated rings. The van der Waals surface area contributed by atoms with Crippen molar-refractivity contribution in [3.8, 4) is 6.07 Å². The van der Waals surface area contributed by atoms with E-state index in [1.54, 1.807) is 0 Å². The lowest BCUT2D eigenvalue weighted by Crippen LogP contribution is -2.07. The average molecular weight is 166 g/mol. The first-order chi connectivity index (χ1) is 5.88. The molecule has 0 saturated heterocycles. The zero-order chi connectivity index (χ0) is 8.81. The summed E-state index contributed by atoms with van der Waals surface area (Å²) >= 11 is 0. The lowest BCUT2D eigenvalue weighted by molar-refractivity contribution is 0.512. The molecule has 0 aliphatic heterocycles. The molecule has 1 N–H and O–H groups in total. The lowest BCUT2D eigenvalue weighted by Gasteiger charge is -2.01. The first kappa shape index (κ1) is 8.40. The van der Waals surface area contributed by atoms with Gasteiger partial charge in [0.2, 0.25) is 0 Å². The summed E-state index contributed by atoms with van der Waals surface area (Å²) in [5.74, 6) is 0.331. The zero-order valence-electron chi connectivity index (χ0n) is 6.29. The van der Waals surface area contributed by atoms with E-state index in [2.05, 4.69) is 15.3 Å². The second-order valence-electron chi connectivity index (χ2n) is 1.98. The number of alkyl halides is 1. The SMILES string of the molecule is N#Cc1nccnc1NCCF.